The maximum Gasteiger partial charge on any atom is 0.335 e. The molecule has 1 aliphatic heterocycles. The summed E-state index contributed by atoms with van der Waals surface area (Å²) in [6.45, 7) is 1.83. The van der Waals surface area contributed by atoms with Gasteiger partial charge in [-0.1, -0.05) is 36.4 Å². The molecule has 0 spiro atoms. The summed E-state index contributed by atoms with van der Waals surface area (Å²) in [5.74, 6) is -2.41. The van der Waals surface area contributed by atoms with Gasteiger partial charge in [-0.2, -0.15) is 10.1 Å². The number of rotatable bonds is 7. The molecule has 0 aromatic heterocycles. The van der Waals surface area contributed by atoms with Gasteiger partial charge in [0.2, 0.25) is 5.75 Å². The van der Waals surface area contributed by atoms with E-state index in [0.717, 1.165) is 11.1 Å². The van der Waals surface area contributed by atoms with Crippen LogP contribution in [0.5, 0.6) is 11.5 Å². The number of hydrazone groups is 1. The number of carboxylic acid groups (broad SMARTS) is 1. The number of hydrogen-bond acceptors (Lipinski definition) is 7. The zero-order chi connectivity index (χ0) is 25.1. The van der Waals surface area contributed by atoms with Crippen LogP contribution in [0.4, 0.5) is 11.4 Å². The molecular weight excluding hydrogens is 454 g/mol. The summed E-state index contributed by atoms with van der Waals surface area (Å²) < 4.78 is 5.33. The van der Waals surface area contributed by atoms with Gasteiger partial charge in [-0.05, 0) is 42.8 Å². The van der Waals surface area contributed by atoms with Crippen LogP contribution in [-0.2, 0) is 4.79 Å². The number of aromatic hydroxyl groups is 1. The van der Waals surface area contributed by atoms with Crippen molar-refractivity contribution in [3.05, 3.63) is 99.1 Å². The lowest BCUT2D eigenvalue weighted by molar-refractivity contribution is -0.386. The second kappa shape index (κ2) is 9.48. The Kier molecular flexibility index (Phi) is 6.27. The van der Waals surface area contributed by atoms with Gasteiger partial charge in [0.1, 0.15) is 5.71 Å². The van der Waals surface area contributed by atoms with Gasteiger partial charge >= 0.3 is 11.7 Å². The quantitative estimate of drug-likeness (QED) is 0.297. The van der Waals surface area contributed by atoms with Gasteiger partial charge in [0.15, 0.2) is 5.75 Å². The maximum atomic E-state index is 13.5. The minimum absolute atomic E-state index is 0.0142. The van der Waals surface area contributed by atoms with Crippen LogP contribution in [0.1, 0.15) is 28.4 Å². The van der Waals surface area contributed by atoms with Crippen molar-refractivity contribution < 1.29 is 29.5 Å². The second-order valence-electron chi connectivity index (χ2n) is 7.42. The van der Waals surface area contributed by atoms with E-state index in [4.69, 9.17) is 4.74 Å². The van der Waals surface area contributed by atoms with E-state index in [9.17, 15) is 29.9 Å². The van der Waals surface area contributed by atoms with Gasteiger partial charge in [-0.3, -0.25) is 14.9 Å². The van der Waals surface area contributed by atoms with Crippen LogP contribution >= 0.6 is 0 Å². The number of nitrogens with zero attached hydrogens (tertiary/aromatic N) is 3. The summed E-state index contributed by atoms with van der Waals surface area (Å²) in [4.78, 5) is 35.6. The summed E-state index contributed by atoms with van der Waals surface area (Å²) in [5, 5.41) is 36.5. The van der Waals surface area contributed by atoms with Crippen molar-refractivity contribution in [1.82, 2.24) is 0 Å². The number of carbonyl (C=O) groups excluding carboxylic acids is 1. The summed E-state index contributed by atoms with van der Waals surface area (Å²) in [5.41, 5.74) is 0.938. The summed E-state index contributed by atoms with van der Waals surface area (Å²) in [6.07, 6.45) is 1.42. The molecule has 0 aliphatic carbocycles. The van der Waals surface area contributed by atoms with Crippen molar-refractivity contribution >= 4 is 35.0 Å². The third-order valence-electron chi connectivity index (χ3n) is 5.15. The average molecular weight is 473 g/mol. The average Bonchev–Trinajstić information content (AvgIpc) is 3.17. The van der Waals surface area contributed by atoms with E-state index in [1.807, 2.05) is 0 Å². The van der Waals surface area contributed by atoms with E-state index in [-0.39, 0.29) is 34.7 Å². The molecule has 176 valence electrons. The molecule has 0 saturated carbocycles. The van der Waals surface area contributed by atoms with E-state index < -0.39 is 28.2 Å². The van der Waals surface area contributed by atoms with Gasteiger partial charge in [0, 0.05) is 11.6 Å². The Morgan fingerprint density at radius 3 is 2.54 bits per heavy atom. The monoisotopic (exact) mass is 473 g/mol. The smallest absolute Gasteiger partial charge is 0.335 e. The maximum absolute atomic E-state index is 13.5. The SMILES string of the molecule is CCOc1cc(C=C2C(=O)N(c3cccc(C(=O)O)c3)N=C2c2ccccc2)cc([N+](=O)[O-])c1O. The molecule has 0 bridgehead atoms. The van der Waals surface area contributed by atoms with Crippen molar-refractivity contribution in [3.8, 4) is 11.5 Å². The largest absolute Gasteiger partial charge is 0.500 e. The highest BCUT2D eigenvalue weighted by Crippen LogP contribution is 2.38. The fourth-order valence-electron chi connectivity index (χ4n) is 3.57. The van der Waals surface area contributed by atoms with E-state index in [0.29, 0.717) is 11.3 Å². The Labute approximate surface area is 199 Å². The highest BCUT2D eigenvalue weighted by Gasteiger charge is 2.33. The van der Waals surface area contributed by atoms with Crippen LogP contribution in [0.2, 0.25) is 0 Å². The molecule has 4 rings (SSSR count). The predicted molar refractivity (Wildman–Crippen MR) is 128 cm³/mol. The first-order valence-electron chi connectivity index (χ1n) is 10.5. The Morgan fingerprint density at radius 1 is 1.14 bits per heavy atom. The lowest BCUT2D eigenvalue weighted by atomic mass is 10.00. The molecule has 3 aromatic carbocycles. The number of carbonyl (C=O) groups is 2. The first kappa shape index (κ1) is 23.2. The van der Waals surface area contributed by atoms with E-state index >= 15 is 0 Å². The molecular formula is C25H19N3O7. The van der Waals surface area contributed by atoms with Crippen molar-refractivity contribution in [2.45, 2.75) is 6.92 Å². The molecule has 0 atom stereocenters. The van der Waals surface area contributed by atoms with Gasteiger partial charge in [-0.15, -0.1) is 0 Å². The number of anilines is 1. The van der Waals surface area contributed by atoms with Crippen molar-refractivity contribution in [3.63, 3.8) is 0 Å². The normalized spacial score (nSPS) is 14.2. The van der Waals surface area contributed by atoms with E-state index in [1.165, 1.54) is 30.3 Å². The third-order valence-corrected chi connectivity index (χ3v) is 5.15. The summed E-state index contributed by atoms with van der Waals surface area (Å²) in [6, 6.07) is 17.2. The molecule has 10 heteroatoms. The molecule has 0 radical (unpaired) electrons. The zero-order valence-corrected chi connectivity index (χ0v) is 18.4. The first-order valence-corrected chi connectivity index (χ1v) is 10.5. The number of carboxylic acids is 1. The number of phenols is 1. The zero-order valence-electron chi connectivity index (χ0n) is 18.4. The Balaban J connectivity index is 1.87. The number of benzene rings is 3. The molecule has 1 amide bonds. The number of phenolic OH excluding ortho intramolecular Hbond substituents is 1. The third kappa shape index (κ3) is 4.58. The molecule has 35 heavy (non-hydrogen) atoms. The number of nitro benzene ring substituents is 1. The highest BCUT2D eigenvalue weighted by atomic mass is 16.6. The highest BCUT2D eigenvalue weighted by molar-refractivity contribution is 6.37. The molecule has 0 unspecified atom stereocenters. The fourth-order valence-corrected chi connectivity index (χ4v) is 3.57. The minimum atomic E-state index is -1.15. The van der Waals surface area contributed by atoms with Crippen molar-refractivity contribution in [2.24, 2.45) is 5.10 Å². The minimum Gasteiger partial charge on any atom is -0.500 e. The first-order chi connectivity index (χ1) is 16.8. The van der Waals surface area contributed by atoms with Crippen LogP contribution in [0.3, 0.4) is 0 Å². The van der Waals surface area contributed by atoms with Crippen molar-refractivity contribution in [2.75, 3.05) is 11.6 Å². The van der Waals surface area contributed by atoms with E-state index in [1.54, 1.807) is 43.3 Å². The molecule has 10 nitrogen and oxygen atoms in total. The molecule has 1 aliphatic rings. The van der Waals surface area contributed by atoms with Gasteiger partial charge in [0.05, 0.1) is 28.4 Å². The fraction of sp³-hybridized carbons (Fsp3) is 0.0800. The molecule has 1 heterocycles. The number of nitro groups is 1. The molecule has 0 saturated heterocycles. The number of hydrogen-bond donors (Lipinski definition) is 2. The van der Waals surface area contributed by atoms with Gasteiger partial charge < -0.3 is 14.9 Å². The summed E-state index contributed by atoms with van der Waals surface area (Å²) in [7, 11) is 0. The standard InChI is InChI=1S/C25H19N3O7/c1-2-35-21-13-15(12-20(23(21)29)28(33)34)11-19-22(16-7-4-3-5-8-16)26-27(24(19)30)18-10-6-9-17(14-18)25(31)32/h3-14,29H,2H2,1H3,(H,31,32). The predicted octanol–water partition coefficient (Wildman–Crippen LogP) is 4.23. The Bertz CT molecular complexity index is 1400. The second-order valence-corrected chi connectivity index (χ2v) is 7.42. The van der Waals surface area contributed by atoms with Crippen LogP contribution < -0.4 is 9.75 Å². The van der Waals surface area contributed by atoms with Crippen LogP contribution in [0, 0.1) is 10.1 Å². The lowest BCUT2D eigenvalue weighted by Gasteiger charge is -2.12. The van der Waals surface area contributed by atoms with Crippen LogP contribution in [0.25, 0.3) is 6.08 Å². The molecule has 2 N–H and O–H groups in total. The van der Waals surface area contributed by atoms with Crippen LogP contribution in [0.15, 0.2) is 77.4 Å². The summed E-state index contributed by atoms with van der Waals surface area (Å²) >= 11 is 0. The lowest BCUT2D eigenvalue weighted by Crippen LogP contribution is -2.21. The Morgan fingerprint density at radius 2 is 1.89 bits per heavy atom. The number of aromatic carboxylic acids is 1. The number of ether oxygens (including phenoxy) is 1. The Hall–Kier alpha value is -4.99. The molecule has 0 fully saturated rings. The van der Waals surface area contributed by atoms with Crippen molar-refractivity contribution in [1.29, 1.82) is 0 Å². The van der Waals surface area contributed by atoms with Crippen LogP contribution in [-0.4, -0.2) is 39.3 Å². The number of amides is 1. The van der Waals surface area contributed by atoms with Gasteiger partial charge in [-0.25, -0.2) is 4.79 Å². The van der Waals surface area contributed by atoms with E-state index in [2.05, 4.69) is 5.10 Å². The van der Waals surface area contributed by atoms with Gasteiger partial charge in [0.25, 0.3) is 5.91 Å². The topological polar surface area (TPSA) is 143 Å². The molecule has 3 aromatic rings.